The van der Waals surface area contributed by atoms with E-state index in [0.29, 0.717) is 92.4 Å². The van der Waals surface area contributed by atoms with E-state index in [1.165, 1.54) is 138 Å². The average molecular weight is 1880 g/mol. The molecule has 11 aliphatic rings. The first-order chi connectivity index (χ1) is 62.5. The van der Waals surface area contributed by atoms with Crippen molar-refractivity contribution in [1.82, 2.24) is 38.7 Å². The van der Waals surface area contributed by atoms with E-state index in [1.807, 2.05) is 36.9 Å². The summed E-state index contributed by atoms with van der Waals surface area (Å²) in [6.45, 7) is 8.56. The van der Waals surface area contributed by atoms with Crippen molar-refractivity contribution < 1.29 is 64.2 Å². The summed E-state index contributed by atoms with van der Waals surface area (Å²) < 4.78 is 92.1. The Morgan fingerprint density at radius 3 is 1.47 bits per heavy atom. The molecule has 4 saturated carbocycles. The third-order valence-electron chi connectivity index (χ3n) is 28.1. The predicted molar refractivity (Wildman–Crippen MR) is 499 cm³/mol. The monoisotopic (exact) mass is 1880 g/mol. The Hall–Kier alpha value is -11.0. The number of alkyl halides is 4. The third kappa shape index (κ3) is 20.8. The number of benzene rings is 3. The van der Waals surface area contributed by atoms with Crippen molar-refractivity contribution >= 4 is 115 Å². The van der Waals surface area contributed by atoms with Gasteiger partial charge in [-0.25, -0.2) is 42.7 Å². The number of halogens is 4. The van der Waals surface area contributed by atoms with E-state index in [1.54, 1.807) is 68.5 Å². The highest BCUT2D eigenvalue weighted by Crippen LogP contribution is 2.53. The van der Waals surface area contributed by atoms with E-state index in [4.69, 9.17) is 49.2 Å². The number of hydrogen-bond donors (Lipinski definition) is 6. The molecule has 2 saturated heterocycles. The lowest BCUT2D eigenvalue weighted by Gasteiger charge is -2.44. The van der Waals surface area contributed by atoms with Crippen molar-refractivity contribution in [3.63, 3.8) is 0 Å². The number of fused-ring (bicyclic) bond motifs is 1. The van der Waals surface area contributed by atoms with Crippen LogP contribution in [0.2, 0.25) is 0 Å². The van der Waals surface area contributed by atoms with Crippen LogP contribution in [0.25, 0.3) is 10.9 Å². The minimum atomic E-state index is -3.17. The molecule has 132 heavy (non-hydrogen) atoms. The van der Waals surface area contributed by atoms with Crippen LogP contribution < -0.4 is 34.0 Å². The van der Waals surface area contributed by atoms with Crippen LogP contribution in [0.15, 0.2) is 134 Å². The van der Waals surface area contributed by atoms with Crippen LogP contribution in [0, 0.1) is 52.3 Å². The summed E-state index contributed by atoms with van der Waals surface area (Å²) in [5.74, 6) is -4.82. The van der Waals surface area contributed by atoms with Gasteiger partial charge < -0.3 is 48.4 Å². The van der Waals surface area contributed by atoms with Gasteiger partial charge in [-0.3, -0.25) is 53.3 Å². The summed E-state index contributed by atoms with van der Waals surface area (Å²) in [6, 6.07) is 34.9. The van der Waals surface area contributed by atoms with Crippen LogP contribution in [0.4, 0.5) is 23.4 Å². The molecule has 0 bridgehead atoms. The van der Waals surface area contributed by atoms with Gasteiger partial charge in [0.1, 0.15) is 57.5 Å². The Morgan fingerprint density at radius 1 is 0.538 bits per heavy atom. The van der Waals surface area contributed by atoms with Gasteiger partial charge in [0.15, 0.2) is 29.8 Å². The number of likely N-dealkylation sites (N-methyl/N-ethyl adjacent to an activating group) is 3. The highest BCUT2D eigenvalue weighted by Gasteiger charge is 2.58. The molecule has 3 aromatic heterocycles. The lowest BCUT2D eigenvalue weighted by atomic mass is 9.75. The Kier molecular flexibility index (Phi) is 29.6. The molecule has 11 N–H and O–H groups in total. The molecule has 6 fully saturated rings. The highest BCUT2D eigenvalue weighted by molar-refractivity contribution is 7.90. The maximum Gasteiger partial charge on any atom is 0.296 e. The number of carbonyl (C=O) groups excluding carboxylic acids is 6. The number of nitriles is 2. The van der Waals surface area contributed by atoms with Crippen LogP contribution in [0.5, 0.6) is 0 Å². The van der Waals surface area contributed by atoms with Crippen molar-refractivity contribution in [1.29, 1.82) is 10.5 Å². The Labute approximate surface area is 776 Å². The van der Waals surface area contributed by atoms with Gasteiger partial charge in [-0.15, -0.1) is 22.7 Å². The zero-order chi connectivity index (χ0) is 95.5. The second kappa shape index (κ2) is 39.6. The van der Waals surface area contributed by atoms with Crippen molar-refractivity contribution in [3.8, 4) is 12.1 Å². The van der Waals surface area contributed by atoms with E-state index in [9.17, 15) is 54.7 Å². The summed E-state index contributed by atoms with van der Waals surface area (Å²) in [6.07, 6.45) is 17.8. The molecule has 11 atom stereocenters. The number of nitrogens with zero attached hydrogens (tertiary/aromatic N) is 15. The van der Waals surface area contributed by atoms with E-state index < -0.39 is 74.6 Å². The fourth-order valence-corrected chi connectivity index (χ4v) is 23.6. The number of nitrogens with one attached hydrogen (secondary N) is 1. The number of nitrogens with two attached hydrogens (primary N) is 5. The quantitative estimate of drug-likeness (QED) is 0.0387. The number of anilines is 1. The summed E-state index contributed by atoms with van der Waals surface area (Å²) in [4.78, 5) is 115. The number of likely N-dealkylation sites (tertiary alicyclic amines) is 1. The first-order valence-electron chi connectivity index (χ1n) is 45.0. The van der Waals surface area contributed by atoms with Gasteiger partial charge in [0.2, 0.25) is 39.6 Å². The van der Waals surface area contributed by atoms with Crippen LogP contribution >= 0.6 is 22.7 Å². The SMILES string of the molecule is CN1C(=O)C[C@@](C)(C2CCCN(C(=O)C3CCCC3)C2)N=C1N.CN1C(=O)C[C@@](C)(C2CCCN(S(=O)(=O)C3CC3)C2)N=C1N.CN1C(=O)[C@](C[C@H]2CCC[C@@H](Nc3ccc4ccccc4n3)C2)(C2CC2)N=C1N.COCC(F)(F)c1ccc([C@@H]2C(=O)N(C)C(N)=N[C@]2(C)c2ccc(C#N)s2)cc1.COCC(F)(F)c1ccc([C@H]2C(=O)N(C)C(N)=N[C@]2(C)c2ccc(C#N)s2)cc1. The van der Waals surface area contributed by atoms with Gasteiger partial charge in [-0.1, -0.05) is 92.4 Å². The molecule has 10 heterocycles. The van der Waals surface area contributed by atoms with Gasteiger partial charge in [-0.2, -0.15) is 28.1 Å². The Balaban J connectivity index is 0.000000141. The lowest BCUT2D eigenvalue weighted by Crippen LogP contribution is -2.55. The second-order valence-electron chi connectivity index (χ2n) is 37.4. The highest BCUT2D eigenvalue weighted by atomic mass is 32.2. The summed E-state index contributed by atoms with van der Waals surface area (Å²) in [5.41, 5.74) is 27.6. The van der Waals surface area contributed by atoms with E-state index in [2.05, 4.69) is 65.1 Å². The Morgan fingerprint density at radius 2 is 1.02 bits per heavy atom. The molecular formula is C94H121F4N21O10S3. The topological polar surface area (TPSA) is 442 Å². The third-order valence-corrected chi connectivity index (χ3v) is 32.9. The fourth-order valence-electron chi connectivity index (χ4n) is 19.8. The zero-order valence-electron chi connectivity index (χ0n) is 76.7. The van der Waals surface area contributed by atoms with Gasteiger partial charge in [0.25, 0.3) is 17.8 Å². The number of ether oxygens (including phenoxy) is 2. The van der Waals surface area contributed by atoms with E-state index in [-0.39, 0.29) is 88.0 Å². The first-order valence-corrected chi connectivity index (χ1v) is 48.1. The maximum atomic E-state index is 14.1. The number of thiophene rings is 2. The van der Waals surface area contributed by atoms with E-state index >= 15 is 0 Å². The summed E-state index contributed by atoms with van der Waals surface area (Å²) in [7, 11) is 7.32. The lowest BCUT2D eigenvalue weighted by molar-refractivity contribution is -0.138. The molecule has 38 heteroatoms. The molecule has 2 unspecified atom stereocenters. The van der Waals surface area contributed by atoms with Crippen molar-refractivity contribution in [3.05, 3.63) is 151 Å². The fraction of sp³-hybridized carbons (Fsp3) is 0.553. The van der Waals surface area contributed by atoms with Crippen molar-refractivity contribution in [2.24, 2.45) is 83.2 Å². The number of amides is 6. The number of rotatable bonds is 20. The molecule has 6 amide bonds. The molecular weight excluding hydrogens is 1760 g/mol. The number of carbonyl (C=O) groups is 6. The van der Waals surface area contributed by atoms with Crippen molar-refractivity contribution in [2.45, 2.75) is 212 Å². The molecule has 3 aromatic carbocycles. The van der Waals surface area contributed by atoms with Gasteiger partial charge in [-0.05, 0) is 183 Å². The number of pyridine rings is 1. The molecule has 7 aliphatic heterocycles. The molecule has 4 aliphatic carbocycles. The first kappa shape index (κ1) is 98.5. The molecule has 0 spiro atoms. The average Bonchev–Trinajstić information content (AvgIpc) is 1.71. The number of para-hydroxylation sites is 1. The number of aliphatic imine (C=N–C) groups is 5. The molecule has 708 valence electrons. The number of guanidine groups is 5. The van der Waals surface area contributed by atoms with Crippen LogP contribution in [-0.4, -0.2) is 229 Å². The van der Waals surface area contributed by atoms with Gasteiger partial charge >= 0.3 is 0 Å². The zero-order valence-corrected chi connectivity index (χ0v) is 79.1. The molecule has 31 nitrogen and oxygen atoms in total. The summed E-state index contributed by atoms with van der Waals surface area (Å²) in [5, 5.41) is 22.9. The molecule has 6 aromatic rings. The number of methoxy groups -OCH3 is 2. The van der Waals surface area contributed by atoms with Crippen molar-refractivity contribution in [2.75, 3.05) is 94.2 Å². The smallest absolute Gasteiger partial charge is 0.296 e. The maximum absolute atomic E-state index is 14.1. The molecule has 0 radical (unpaired) electrons. The number of piperidine rings is 2. The van der Waals surface area contributed by atoms with Crippen LogP contribution in [0.3, 0.4) is 0 Å². The normalized spacial score (nSPS) is 27.9. The van der Waals surface area contributed by atoms with Gasteiger partial charge in [0.05, 0.1) is 46.5 Å². The summed E-state index contributed by atoms with van der Waals surface area (Å²) >= 11 is 2.45. The minimum Gasteiger partial charge on any atom is -0.378 e. The number of aromatic nitrogens is 1. The molecule has 17 rings (SSSR count). The van der Waals surface area contributed by atoms with E-state index in [0.717, 1.165) is 113 Å². The predicted octanol–water partition coefficient (Wildman–Crippen LogP) is 11.3. The minimum absolute atomic E-state index is 0.0132. The second-order valence-corrected chi connectivity index (χ2v) is 41.8. The van der Waals surface area contributed by atoms with Gasteiger partial charge in [0, 0.05) is 120 Å². The van der Waals surface area contributed by atoms with Crippen LogP contribution in [0.1, 0.15) is 203 Å². The largest absolute Gasteiger partial charge is 0.378 e. The van der Waals surface area contributed by atoms with Crippen LogP contribution in [-0.2, 0) is 71.2 Å². The standard InChI is InChI=1S/C23H29N5O.2C20H20F2N4O2S.C17H28N4O2.C14H24N4O3S/c1-28-21(29)23(17-10-11-17,27-22(28)24)14-15-5-4-7-18(13-15)25-20-12-9-16-6-2-3-8-19(16)26-20;2*1-19(15-9-8-14(10-23)29-15)16(17(27)26(2)18(24)25-19)12-4-6-13(7-5-12)20(21,22)11-28-3;1-17(10-14(22)20(2)16(18)19-17)13-8-5-9-21(11-13)15(23)12-6-3-4-7-12;1-14(8-12(19)17(2)13(15)16-14)10-4-3-7-18(9-10)22(20,21)11-5-6-11/h2-3,6,8-9,12,15,17-18H,4-5,7,10-11,13-14H2,1H3,(H2,24,27)(H,25,26);2*4-9,16H,11H2,1-3H3,(H2,24,25);12-13H,3-11H2,1-2H3,(H2,18,19);10-11H,3-9H2,1-2H3,(H2,15,16)/t15-,18+,23-;16-,19+;16-,19-;13?,17-;10?,14-/m00100/s1. The number of hydrogen-bond acceptors (Lipinski definition) is 26. The Bertz CT molecular complexity index is 5510. The number of sulfonamides is 1.